The van der Waals surface area contributed by atoms with Gasteiger partial charge in [-0.1, -0.05) is 17.7 Å². The first-order chi connectivity index (χ1) is 7.75. The lowest BCUT2D eigenvalue weighted by molar-refractivity contribution is 0.305. The molecule has 16 heavy (non-hydrogen) atoms. The summed E-state index contributed by atoms with van der Waals surface area (Å²) in [5, 5.41) is 9.68. The Kier molecular flexibility index (Phi) is 3.27. The molecule has 0 saturated heterocycles. The van der Waals surface area contributed by atoms with Gasteiger partial charge in [0.2, 0.25) is 0 Å². The van der Waals surface area contributed by atoms with E-state index in [0.717, 1.165) is 5.56 Å². The normalized spacial score (nSPS) is 10.1. The van der Waals surface area contributed by atoms with E-state index in [1.165, 1.54) is 6.07 Å². The second-order valence-electron chi connectivity index (χ2n) is 3.25. The molecule has 0 aliphatic rings. The van der Waals surface area contributed by atoms with Crippen molar-refractivity contribution in [3.05, 3.63) is 53.3 Å². The molecule has 0 atom stereocenters. The first-order valence-electron chi connectivity index (χ1n) is 4.76. The standard InChI is InChI=1S/C12H10ClNO2/c13-12-6-10(15)4-3-9(12)8-16-11-2-1-5-14-7-11/h1-7,15H,8H2. The molecular weight excluding hydrogens is 226 g/mol. The average Bonchev–Trinajstić information content (AvgIpc) is 2.29. The van der Waals surface area contributed by atoms with Gasteiger partial charge in [-0.25, -0.2) is 0 Å². The number of hydrogen-bond acceptors (Lipinski definition) is 3. The maximum atomic E-state index is 9.19. The molecule has 1 aromatic heterocycles. The molecule has 0 bridgehead atoms. The van der Waals surface area contributed by atoms with Gasteiger partial charge in [-0.05, 0) is 24.3 Å². The highest BCUT2D eigenvalue weighted by Gasteiger charge is 2.02. The Hall–Kier alpha value is -1.74. The smallest absolute Gasteiger partial charge is 0.138 e. The molecule has 1 aromatic carbocycles. The number of hydrogen-bond donors (Lipinski definition) is 1. The number of phenols is 1. The zero-order valence-electron chi connectivity index (χ0n) is 8.43. The molecule has 0 spiro atoms. The number of phenolic OH excluding ortho intramolecular Hbond substituents is 1. The summed E-state index contributed by atoms with van der Waals surface area (Å²) in [5.41, 5.74) is 0.823. The Morgan fingerprint density at radius 2 is 2.19 bits per heavy atom. The zero-order valence-corrected chi connectivity index (χ0v) is 9.19. The second kappa shape index (κ2) is 4.86. The molecule has 1 N–H and O–H groups in total. The molecule has 0 radical (unpaired) electrons. The summed E-state index contributed by atoms with van der Waals surface area (Å²) < 4.78 is 5.48. The van der Waals surface area contributed by atoms with E-state index in [0.29, 0.717) is 17.4 Å². The molecule has 0 aliphatic heterocycles. The van der Waals surface area contributed by atoms with Crippen molar-refractivity contribution in [3.63, 3.8) is 0 Å². The minimum absolute atomic E-state index is 0.148. The minimum atomic E-state index is 0.148. The summed E-state index contributed by atoms with van der Waals surface area (Å²) in [6.45, 7) is 0.352. The highest BCUT2D eigenvalue weighted by molar-refractivity contribution is 6.31. The van der Waals surface area contributed by atoms with Gasteiger partial charge < -0.3 is 9.84 Å². The van der Waals surface area contributed by atoms with E-state index in [-0.39, 0.29) is 5.75 Å². The van der Waals surface area contributed by atoms with Crippen LogP contribution in [0.5, 0.6) is 11.5 Å². The monoisotopic (exact) mass is 235 g/mol. The molecule has 2 aromatic rings. The number of benzene rings is 1. The van der Waals surface area contributed by atoms with Crippen LogP contribution in [0.3, 0.4) is 0 Å². The van der Waals surface area contributed by atoms with Gasteiger partial charge in [-0.2, -0.15) is 0 Å². The van der Waals surface area contributed by atoms with Crippen LogP contribution in [-0.4, -0.2) is 10.1 Å². The summed E-state index contributed by atoms with van der Waals surface area (Å²) in [6.07, 6.45) is 3.31. The van der Waals surface area contributed by atoms with Crippen molar-refractivity contribution >= 4 is 11.6 Å². The molecule has 3 nitrogen and oxygen atoms in total. The highest BCUT2D eigenvalue weighted by atomic mass is 35.5. The first kappa shape index (κ1) is 10.8. The predicted molar refractivity (Wildman–Crippen MR) is 61.7 cm³/mol. The fourth-order valence-corrected chi connectivity index (χ4v) is 1.48. The quantitative estimate of drug-likeness (QED) is 0.889. The third kappa shape index (κ3) is 2.64. The van der Waals surface area contributed by atoms with Crippen LogP contribution in [0.25, 0.3) is 0 Å². The average molecular weight is 236 g/mol. The van der Waals surface area contributed by atoms with E-state index >= 15 is 0 Å². The molecule has 4 heteroatoms. The van der Waals surface area contributed by atoms with E-state index < -0.39 is 0 Å². The minimum Gasteiger partial charge on any atom is -0.508 e. The van der Waals surface area contributed by atoms with Gasteiger partial charge in [0, 0.05) is 11.8 Å². The van der Waals surface area contributed by atoms with E-state index in [9.17, 15) is 5.11 Å². The number of rotatable bonds is 3. The Morgan fingerprint density at radius 3 is 2.88 bits per heavy atom. The SMILES string of the molecule is Oc1ccc(COc2cccnc2)c(Cl)c1. The van der Waals surface area contributed by atoms with Crippen molar-refractivity contribution in [1.82, 2.24) is 4.98 Å². The van der Waals surface area contributed by atoms with Crippen LogP contribution in [0.15, 0.2) is 42.7 Å². The molecule has 0 fully saturated rings. The third-order valence-electron chi connectivity index (χ3n) is 2.07. The Balaban J connectivity index is 2.05. The molecule has 82 valence electrons. The van der Waals surface area contributed by atoms with Gasteiger partial charge in [-0.3, -0.25) is 4.98 Å². The van der Waals surface area contributed by atoms with Crippen molar-refractivity contribution in [2.75, 3.05) is 0 Å². The zero-order chi connectivity index (χ0) is 11.4. The summed E-state index contributed by atoms with van der Waals surface area (Å²) in [6, 6.07) is 8.42. The topological polar surface area (TPSA) is 42.4 Å². The summed E-state index contributed by atoms with van der Waals surface area (Å²) >= 11 is 5.94. The van der Waals surface area contributed by atoms with Crippen LogP contribution in [0, 0.1) is 0 Å². The Morgan fingerprint density at radius 1 is 1.31 bits per heavy atom. The highest BCUT2D eigenvalue weighted by Crippen LogP contribution is 2.22. The number of aromatic nitrogens is 1. The van der Waals surface area contributed by atoms with Crippen molar-refractivity contribution in [2.45, 2.75) is 6.61 Å². The summed E-state index contributed by atoms with van der Waals surface area (Å²) in [7, 11) is 0. The van der Waals surface area contributed by atoms with Gasteiger partial charge in [0.05, 0.1) is 11.2 Å². The Bertz CT molecular complexity index is 474. The van der Waals surface area contributed by atoms with Gasteiger partial charge in [0.25, 0.3) is 0 Å². The van der Waals surface area contributed by atoms with Crippen molar-refractivity contribution in [2.24, 2.45) is 0 Å². The second-order valence-corrected chi connectivity index (χ2v) is 3.66. The van der Waals surface area contributed by atoms with Crippen LogP contribution >= 0.6 is 11.6 Å². The molecule has 0 saturated carbocycles. The molecule has 0 amide bonds. The molecule has 2 rings (SSSR count). The lowest BCUT2D eigenvalue weighted by Crippen LogP contribution is -1.96. The van der Waals surface area contributed by atoms with Crippen molar-refractivity contribution in [3.8, 4) is 11.5 Å². The van der Waals surface area contributed by atoms with E-state index in [1.807, 2.05) is 6.07 Å². The number of aromatic hydroxyl groups is 1. The van der Waals surface area contributed by atoms with Crippen LogP contribution < -0.4 is 4.74 Å². The van der Waals surface area contributed by atoms with Gasteiger partial charge in [-0.15, -0.1) is 0 Å². The fourth-order valence-electron chi connectivity index (χ4n) is 1.25. The number of halogens is 1. The van der Waals surface area contributed by atoms with E-state index in [2.05, 4.69) is 4.98 Å². The number of nitrogens with zero attached hydrogens (tertiary/aromatic N) is 1. The van der Waals surface area contributed by atoms with Crippen LogP contribution in [-0.2, 0) is 6.61 Å². The van der Waals surface area contributed by atoms with Crippen LogP contribution in [0.4, 0.5) is 0 Å². The van der Waals surface area contributed by atoms with Gasteiger partial charge in [0.1, 0.15) is 18.1 Å². The van der Waals surface area contributed by atoms with Crippen LogP contribution in [0.2, 0.25) is 5.02 Å². The molecule has 0 unspecified atom stereocenters. The van der Waals surface area contributed by atoms with Crippen molar-refractivity contribution < 1.29 is 9.84 Å². The predicted octanol–water partition coefficient (Wildman–Crippen LogP) is 3.02. The molecular formula is C12H10ClNO2. The summed E-state index contributed by atoms with van der Waals surface area (Å²) in [4.78, 5) is 3.94. The van der Waals surface area contributed by atoms with E-state index in [1.54, 1.807) is 30.6 Å². The van der Waals surface area contributed by atoms with Gasteiger partial charge in [0.15, 0.2) is 0 Å². The lowest BCUT2D eigenvalue weighted by Gasteiger charge is -2.07. The third-order valence-corrected chi connectivity index (χ3v) is 2.42. The number of pyridine rings is 1. The number of ether oxygens (including phenoxy) is 1. The lowest BCUT2D eigenvalue weighted by atomic mass is 10.2. The first-order valence-corrected chi connectivity index (χ1v) is 5.14. The van der Waals surface area contributed by atoms with Gasteiger partial charge >= 0.3 is 0 Å². The van der Waals surface area contributed by atoms with E-state index in [4.69, 9.17) is 16.3 Å². The summed E-state index contributed by atoms with van der Waals surface area (Å²) in [5.74, 6) is 0.835. The molecule has 0 aliphatic carbocycles. The maximum absolute atomic E-state index is 9.19. The maximum Gasteiger partial charge on any atom is 0.138 e. The van der Waals surface area contributed by atoms with Crippen molar-refractivity contribution in [1.29, 1.82) is 0 Å². The fraction of sp³-hybridized carbons (Fsp3) is 0.0833. The largest absolute Gasteiger partial charge is 0.508 e. The molecule has 1 heterocycles. The van der Waals surface area contributed by atoms with Crippen LogP contribution in [0.1, 0.15) is 5.56 Å². The Labute approximate surface area is 98.3 Å².